The summed E-state index contributed by atoms with van der Waals surface area (Å²) in [5.74, 6) is -2.21. The third kappa shape index (κ3) is 4.80. The highest BCUT2D eigenvalue weighted by Crippen LogP contribution is 2.39. The summed E-state index contributed by atoms with van der Waals surface area (Å²) in [6.45, 7) is 0.293. The van der Waals surface area contributed by atoms with Crippen molar-refractivity contribution in [3.8, 4) is 0 Å². The van der Waals surface area contributed by atoms with E-state index in [-0.39, 0.29) is 23.7 Å². The van der Waals surface area contributed by atoms with Crippen LogP contribution in [0.2, 0.25) is 0 Å². The van der Waals surface area contributed by atoms with E-state index in [0.717, 1.165) is 0 Å². The van der Waals surface area contributed by atoms with Crippen LogP contribution in [0.1, 0.15) is 32.1 Å². The zero-order valence-corrected chi connectivity index (χ0v) is 10.7. The molecule has 1 aliphatic carbocycles. The van der Waals surface area contributed by atoms with Crippen molar-refractivity contribution in [2.24, 2.45) is 17.6 Å². The lowest BCUT2D eigenvalue weighted by molar-refractivity contribution is -0.186. The number of hydrogen-bond donors (Lipinski definition) is 2. The lowest BCUT2D eigenvalue weighted by Gasteiger charge is -2.29. The molecule has 0 aliphatic heterocycles. The lowest BCUT2D eigenvalue weighted by atomic mass is 9.80. The second kappa shape index (κ2) is 6.36. The quantitative estimate of drug-likeness (QED) is 0.777. The Labute approximate surface area is 109 Å². The van der Waals surface area contributed by atoms with E-state index in [2.05, 4.69) is 17.5 Å². The maximum atomic E-state index is 12.6. The van der Waals surface area contributed by atoms with Crippen LogP contribution in [0.15, 0.2) is 0 Å². The molecule has 3 nitrogen and oxygen atoms in total. The summed E-state index contributed by atoms with van der Waals surface area (Å²) in [6.07, 6.45) is -2.85. The van der Waals surface area contributed by atoms with Gasteiger partial charge in [-0.2, -0.15) is 13.2 Å². The van der Waals surface area contributed by atoms with Crippen LogP contribution < -0.4 is 11.1 Å². The van der Waals surface area contributed by atoms with E-state index in [1.807, 2.05) is 0 Å². The molecule has 104 valence electrons. The Balaban J connectivity index is 2.41. The number of nitrogens with two attached hydrogens (primary N) is 1. The van der Waals surface area contributed by atoms with Crippen molar-refractivity contribution >= 4 is 23.1 Å². The van der Waals surface area contributed by atoms with Crippen molar-refractivity contribution in [1.82, 2.24) is 5.32 Å². The Morgan fingerprint density at radius 1 is 1.39 bits per heavy atom. The molecule has 2 unspecified atom stereocenters. The molecule has 0 spiro atoms. The van der Waals surface area contributed by atoms with Crippen molar-refractivity contribution in [1.29, 1.82) is 0 Å². The molecule has 1 saturated carbocycles. The Bertz CT molecular complexity index is 320. The summed E-state index contributed by atoms with van der Waals surface area (Å²) < 4.78 is 37.7. The van der Waals surface area contributed by atoms with E-state index in [0.29, 0.717) is 25.8 Å². The Kier molecular flexibility index (Phi) is 5.37. The van der Waals surface area contributed by atoms with Gasteiger partial charge in [-0.3, -0.25) is 4.79 Å². The minimum absolute atomic E-state index is 0.109. The van der Waals surface area contributed by atoms with Crippen molar-refractivity contribution in [2.75, 3.05) is 6.54 Å². The summed E-state index contributed by atoms with van der Waals surface area (Å²) in [6, 6.07) is 0. The number of alkyl halides is 3. The summed E-state index contributed by atoms with van der Waals surface area (Å²) in [4.78, 5) is 12.0. The average molecular weight is 282 g/mol. The Morgan fingerprint density at radius 2 is 2.06 bits per heavy atom. The molecular weight excluding hydrogens is 265 g/mol. The van der Waals surface area contributed by atoms with Crippen LogP contribution in [0.5, 0.6) is 0 Å². The molecule has 3 N–H and O–H groups in total. The van der Waals surface area contributed by atoms with Gasteiger partial charge in [0.2, 0.25) is 5.91 Å². The van der Waals surface area contributed by atoms with Crippen molar-refractivity contribution in [3.63, 3.8) is 0 Å². The topological polar surface area (TPSA) is 55.1 Å². The number of rotatable bonds is 4. The molecule has 0 heterocycles. The first-order valence-electron chi connectivity index (χ1n) is 5.93. The number of carbonyl (C=O) groups is 1. The predicted molar refractivity (Wildman–Crippen MR) is 65.9 cm³/mol. The van der Waals surface area contributed by atoms with Crippen LogP contribution in [-0.4, -0.2) is 23.6 Å². The monoisotopic (exact) mass is 282 g/mol. The summed E-state index contributed by atoms with van der Waals surface area (Å²) in [5.41, 5.74) is 5.27. The van der Waals surface area contributed by atoms with Crippen molar-refractivity contribution in [2.45, 2.75) is 38.3 Å². The predicted octanol–water partition coefficient (Wildman–Crippen LogP) is 2.15. The van der Waals surface area contributed by atoms with E-state index >= 15 is 0 Å². The van der Waals surface area contributed by atoms with E-state index in [9.17, 15) is 18.0 Å². The van der Waals surface area contributed by atoms with Crippen LogP contribution in [0, 0.1) is 11.8 Å². The molecule has 0 bridgehead atoms. The smallest absolute Gasteiger partial charge is 0.391 e. The zero-order valence-electron chi connectivity index (χ0n) is 9.93. The van der Waals surface area contributed by atoms with Gasteiger partial charge in [-0.15, -0.1) is 0 Å². The van der Waals surface area contributed by atoms with E-state index in [1.54, 1.807) is 0 Å². The molecular formula is C11H17F3N2OS. The number of thiocarbonyl (C=S) groups is 1. The van der Waals surface area contributed by atoms with Gasteiger partial charge in [0.1, 0.15) is 0 Å². The van der Waals surface area contributed by atoms with Crippen LogP contribution in [0.25, 0.3) is 0 Å². The molecule has 1 amide bonds. The minimum atomic E-state index is -4.20. The largest absolute Gasteiger partial charge is 0.393 e. The summed E-state index contributed by atoms with van der Waals surface area (Å²) in [7, 11) is 0. The van der Waals surface area contributed by atoms with Gasteiger partial charge in [-0.25, -0.2) is 0 Å². The van der Waals surface area contributed by atoms with E-state index < -0.39 is 18.0 Å². The molecule has 7 heteroatoms. The van der Waals surface area contributed by atoms with Gasteiger partial charge < -0.3 is 11.1 Å². The highest BCUT2D eigenvalue weighted by Gasteiger charge is 2.43. The molecule has 0 saturated heterocycles. The second-order valence-electron chi connectivity index (χ2n) is 4.61. The molecule has 1 rings (SSSR count). The second-order valence-corrected chi connectivity index (χ2v) is 5.13. The molecule has 0 radical (unpaired) electrons. The highest BCUT2D eigenvalue weighted by molar-refractivity contribution is 7.80. The lowest BCUT2D eigenvalue weighted by Crippen LogP contribution is -2.38. The van der Waals surface area contributed by atoms with E-state index in [4.69, 9.17) is 5.73 Å². The first-order valence-corrected chi connectivity index (χ1v) is 6.34. The number of amides is 1. The van der Waals surface area contributed by atoms with Gasteiger partial charge in [0.25, 0.3) is 0 Å². The Hall–Kier alpha value is -0.850. The van der Waals surface area contributed by atoms with Gasteiger partial charge in [0, 0.05) is 18.9 Å². The van der Waals surface area contributed by atoms with Gasteiger partial charge in [0.15, 0.2) is 0 Å². The van der Waals surface area contributed by atoms with Crippen LogP contribution in [-0.2, 0) is 4.79 Å². The number of hydrogen-bond acceptors (Lipinski definition) is 2. The molecule has 1 aliphatic rings. The third-order valence-corrected chi connectivity index (χ3v) is 3.38. The number of halogens is 3. The minimum Gasteiger partial charge on any atom is -0.393 e. The SMILES string of the molecule is NC(=S)CCNC(=O)C1CCCC(C(F)(F)F)C1. The fourth-order valence-electron chi connectivity index (χ4n) is 2.18. The van der Waals surface area contributed by atoms with Crippen molar-refractivity contribution in [3.05, 3.63) is 0 Å². The molecule has 0 aromatic heterocycles. The summed E-state index contributed by atoms with van der Waals surface area (Å²) in [5, 5.41) is 2.58. The van der Waals surface area contributed by atoms with Gasteiger partial charge in [-0.05, 0) is 19.3 Å². The van der Waals surface area contributed by atoms with Crippen molar-refractivity contribution < 1.29 is 18.0 Å². The molecule has 0 aromatic carbocycles. The van der Waals surface area contributed by atoms with Crippen LogP contribution >= 0.6 is 12.2 Å². The third-order valence-electron chi connectivity index (χ3n) is 3.18. The first-order chi connectivity index (χ1) is 8.30. The Morgan fingerprint density at radius 3 is 2.61 bits per heavy atom. The first kappa shape index (κ1) is 15.2. The van der Waals surface area contributed by atoms with Gasteiger partial charge >= 0.3 is 6.18 Å². The normalized spacial score (nSPS) is 24.6. The zero-order chi connectivity index (χ0) is 13.8. The summed E-state index contributed by atoms with van der Waals surface area (Å²) >= 11 is 4.65. The van der Waals surface area contributed by atoms with Gasteiger partial charge in [0.05, 0.1) is 10.9 Å². The van der Waals surface area contributed by atoms with Gasteiger partial charge in [-0.1, -0.05) is 18.6 Å². The number of nitrogens with one attached hydrogen (secondary N) is 1. The molecule has 18 heavy (non-hydrogen) atoms. The maximum Gasteiger partial charge on any atom is 0.391 e. The van der Waals surface area contributed by atoms with Crippen LogP contribution in [0.4, 0.5) is 13.2 Å². The maximum absolute atomic E-state index is 12.6. The van der Waals surface area contributed by atoms with E-state index in [1.165, 1.54) is 0 Å². The fraction of sp³-hybridized carbons (Fsp3) is 0.818. The number of carbonyl (C=O) groups excluding carboxylic acids is 1. The fourth-order valence-corrected chi connectivity index (χ4v) is 2.28. The molecule has 1 fully saturated rings. The van der Waals surface area contributed by atoms with Crippen LogP contribution in [0.3, 0.4) is 0 Å². The molecule has 0 aromatic rings. The highest BCUT2D eigenvalue weighted by atomic mass is 32.1. The average Bonchev–Trinajstić information content (AvgIpc) is 2.27. The molecule has 2 atom stereocenters. The standard InChI is InChI=1S/C11H17F3N2OS/c12-11(13,14)8-3-1-2-7(6-8)10(17)16-5-4-9(15)18/h7-8H,1-6H2,(H2,15,18)(H,16,17).